The van der Waals surface area contributed by atoms with Crippen LogP contribution in [0.3, 0.4) is 0 Å². The predicted molar refractivity (Wildman–Crippen MR) is 102 cm³/mol. The van der Waals surface area contributed by atoms with E-state index in [1.807, 2.05) is 50.2 Å². The summed E-state index contributed by atoms with van der Waals surface area (Å²) in [6.45, 7) is 5.33. The third-order valence-corrected chi connectivity index (χ3v) is 5.14. The highest BCUT2D eigenvalue weighted by atomic mass is 32.2. The average Bonchev–Trinajstić information content (AvgIpc) is 3.06. The van der Waals surface area contributed by atoms with Crippen LogP contribution in [0, 0.1) is 6.92 Å². The minimum atomic E-state index is -0.667. The van der Waals surface area contributed by atoms with E-state index in [9.17, 15) is 9.59 Å². The van der Waals surface area contributed by atoms with Gasteiger partial charge in [-0.05, 0) is 41.6 Å². The Hall–Kier alpha value is -2.87. The van der Waals surface area contributed by atoms with Crippen molar-refractivity contribution in [1.82, 2.24) is 10.1 Å². The molecule has 1 N–H and O–H groups in total. The number of fused-ring (bicyclic) bond motifs is 3. The number of H-pyrrole nitrogens is 1. The summed E-state index contributed by atoms with van der Waals surface area (Å²) in [5, 5.41) is 5.13. The number of carbonyl (C=O) groups is 1. The highest BCUT2D eigenvalue weighted by Crippen LogP contribution is 2.37. The van der Waals surface area contributed by atoms with Gasteiger partial charge in [-0.3, -0.25) is 14.6 Å². The second kappa shape index (κ2) is 6.70. The second-order valence-electron chi connectivity index (χ2n) is 6.21. The summed E-state index contributed by atoms with van der Waals surface area (Å²) in [4.78, 5) is 30.0. The van der Waals surface area contributed by atoms with Gasteiger partial charge in [0, 0.05) is 12.0 Å². The molecule has 7 nitrogen and oxygen atoms in total. The lowest BCUT2D eigenvalue weighted by Gasteiger charge is -2.29. The van der Waals surface area contributed by atoms with Crippen LogP contribution in [0.25, 0.3) is 11.3 Å². The first-order chi connectivity index (χ1) is 13.0. The number of para-hydroxylation sites is 1. The fourth-order valence-electron chi connectivity index (χ4n) is 3.36. The molecule has 1 unspecified atom stereocenters. The Morgan fingerprint density at radius 1 is 1.33 bits per heavy atom. The molecule has 1 aliphatic heterocycles. The smallest absolute Gasteiger partial charge is 0.325 e. The molecule has 0 radical (unpaired) electrons. The molecule has 0 bridgehead atoms. The van der Waals surface area contributed by atoms with Crippen LogP contribution < -0.4 is 15.1 Å². The SMILES string of the molecule is CCSc1n[n+]2c(c(=O)[nH]1)-c1ccccc1N(C(C)=O)C2c1ccc(C)o1. The Labute approximate surface area is 160 Å². The normalized spacial score (nSPS) is 15.4. The Morgan fingerprint density at radius 3 is 2.78 bits per heavy atom. The van der Waals surface area contributed by atoms with E-state index in [2.05, 4.69) is 10.1 Å². The third kappa shape index (κ3) is 2.86. The Kier molecular flexibility index (Phi) is 4.35. The summed E-state index contributed by atoms with van der Waals surface area (Å²) in [7, 11) is 0. The molecular weight excluding hydrogens is 364 g/mol. The number of nitrogens with one attached hydrogen (secondary N) is 1. The first kappa shape index (κ1) is 17.5. The summed E-state index contributed by atoms with van der Waals surface area (Å²) in [6.07, 6.45) is -0.667. The monoisotopic (exact) mass is 383 g/mol. The van der Waals surface area contributed by atoms with E-state index in [-0.39, 0.29) is 11.5 Å². The van der Waals surface area contributed by atoms with Crippen LogP contribution >= 0.6 is 11.8 Å². The minimum absolute atomic E-state index is 0.161. The molecule has 138 valence electrons. The van der Waals surface area contributed by atoms with Crippen molar-refractivity contribution in [2.45, 2.75) is 32.1 Å². The highest BCUT2D eigenvalue weighted by molar-refractivity contribution is 7.99. The number of benzene rings is 1. The molecule has 1 aromatic carbocycles. The number of carbonyl (C=O) groups excluding carboxylic acids is 1. The zero-order valence-electron chi connectivity index (χ0n) is 15.2. The summed E-state index contributed by atoms with van der Waals surface area (Å²) >= 11 is 1.43. The van der Waals surface area contributed by atoms with Crippen molar-refractivity contribution in [1.29, 1.82) is 0 Å². The van der Waals surface area contributed by atoms with Crippen molar-refractivity contribution < 1.29 is 13.9 Å². The molecule has 0 spiro atoms. The lowest BCUT2D eigenvalue weighted by molar-refractivity contribution is -0.764. The van der Waals surface area contributed by atoms with Gasteiger partial charge in [0.2, 0.25) is 11.1 Å². The van der Waals surface area contributed by atoms with Gasteiger partial charge in [0.1, 0.15) is 5.76 Å². The molecule has 1 aliphatic rings. The third-order valence-electron chi connectivity index (χ3n) is 4.39. The summed E-state index contributed by atoms with van der Waals surface area (Å²) in [6, 6.07) is 11.0. The highest BCUT2D eigenvalue weighted by Gasteiger charge is 2.46. The van der Waals surface area contributed by atoms with E-state index in [0.717, 1.165) is 11.5 Å². The maximum Gasteiger partial charge on any atom is 0.325 e. The van der Waals surface area contributed by atoms with Gasteiger partial charge in [-0.15, -0.1) is 0 Å². The van der Waals surface area contributed by atoms with Gasteiger partial charge >= 0.3 is 17.4 Å². The molecule has 3 heterocycles. The number of anilines is 1. The number of amides is 1. The van der Waals surface area contributed by atoms with E-state index in [1.165, 1.54) is 18.7 Å². The number of rotatable bonds is 3. The quantitative estimate of drug-likeness (QED) is 0.555. The van der Waals surface area contributed by atoms with Gasteiger partial charge in [-0.25, -0.2) is 4.90 Å². The molecule has 0 saturated carbocycles. The number of aryl methyl sites for hydroxylation is 1. The molecule has 1 atom stereocenters. The molecular formula is C19H19N4O3S+. The van der Waals surface area contributed by atoms with Crippen LogP contribution in [0.4, 0.5) is 5.69 Å². The lowest BCUT2D eigenvalue weighted by atomic mass is 10.0. The van der Waals surface area contributed by atoms with E-state index >= 15 is 0 Å². The fraction of sp³-hybridized carbons (Fsp3) is 0.263. The summed E-state index contributed by atoms with van der Waals surface area (Å²) < 4.78 is 7.44. The minimum Gasteiger partial charge on any atom is -0.457 e. The molecule has 27 heavy (non-hydrogen) atoms. The van der Waals surface area contributed by atoms with Crippen LogP contribution in [0.2, 0.25) is 0 Å². The van der Waals surface area contributed by atoms with Gasteiger partial charge in [0.05, 0.1) is 11.3 Å². The van der Waals surface area contributed by atoms with Crippen LogP contribution in [0.15, 0.2) is 50.8 Å². The maximum atomic E-state index is 12.9. The number of hydrogen-bond acceptors (Lipinski definition) is 5. The van der Waals surface area contributed by atoms with Gasteiger partial charge < -0.3 is 4.42 Å². The van der Waals surface area contributed by atoms with Crippen LogP contribution in [-0.2, 0) is 4.79 Å². The van der Waals surface area contributed by atoms with Crippen molar-refractivity contribution in [3.63, 3.8) is 0 Å². The predicted octanol–water partition coefficient (Wildman–Crippen LogP) is 2.65. The van der Waals surface area contributed by atoms with Gasteiger partial charge in [0.25, 0.3) is 0 Å². The molecule has 0 saturated heterocycles. The molecule has 3 aromatic rings. The van der Waals surface area contributed by atoms with Crippen LogP contribution in [-0.4, -0.2) is 21.7 Å². The lowest BCUT2D eigenvalue weighted by Crippen LogP contribution is -2.60. The number of furan rings is 1. The summed E-state index contributed by atoms with van der Waals surface area (Å²) in [5.41, 5.74) is 1.48. The molecule has 0 aliphatic carbocycles. The average molecular weight is 383 g/mol. The molecule has 4 rings (SSSR count). The van der Waals surface area contributed by atoms with Crippen molar-refractivity contribution in [2.75, 3.05) is 10.7 Å². The van der Waals surface area contributed by atoms with Gasteiger partial charge in [-0.1, -0.05) is 30.8 Å². The number of hydrogen-bond donors (Lipinski definition) is 1. The number of aromatic amines is 1. The van der Waals surface area contributed by atoms with Crippen molar-refractivity contribution in [3.05, 3.63) is 58.3 Å². The van der Waals surface area contributed by atoms with Gasteiger partial charge in [-0.2, -0.15) is 0 Å². The van der Waals surface area contributed by atoms with Crippen molar-refractivity contribution in [3.8, 4) is 11.3 Å². The first-order valence-electron chi connectivity index (χ1n) is 8.65. The Morgan fingerprint density at radius 2 is 2.11 bits per heavy atom. The number of aromatic nitrogens is 3. The van der Waals surface area contributed by atoms with Crippen molar-refractivity contribution in [2.24, 2.45) is 0 Å². The number of nitrogens with zero attached hydrogens (tertiary/aromatic N) is 3. The number of thioether (sulfide) groups is 1. The van der Waals surface area contributed by atoms with Crippen LogP contribution in [0.5, 0.6) is 0 Å². The van der Waals surface area contributed by atoms with Gasteiger partial charge in [0.15, 0.2) is 5.76 Å². The van der Waals surface area contributed by atoms with E-state index in [0.29, 0.717) is 27.9 Å². The Balaban J connectivity index is 2.07. The van der Waals surface area contributed by atoms with Crippen molar-refractivity contribution >= 4 is 23.4 Å². The largest absolute Gasteiger partial charge is 0.457 e. The molecule has 8 heteroatoms. The topological polar surface area (TPSA) is 83.1 Å². The molecule has 0 fully saturated rings. The Bertz CT molecular complexity index is 1090. The van der Waals surface area contributed by atoms with E-state index in [4.69, 9.17) is 4.42 Å². The van der Waals surface area contributed by atoms with Crippen LogP contribution in [0.1, 0.15) is 31.5 Å². The second-order valence-corrected chi connectivity index (χ2v) is 7.47. The zero-order valence-corrected chi connectivity index (χ0v) is 16.0. The first-order valence-corrected chi connectivity index (χ1v) is 9.64. The molecule has 1 amide bonds. The van der Waals surface area contributed by atoms with E-state index < -0.39 is 6.17 Å². The zero-order chi connectivity index (χ0) is 19.1. The fourth-order valence-corrected chi connectivity index (χ4v) is 3.95. The maximum absolute atomic E-state index is 12.9. The molecule has 2 aromatic heterocycles. The van der Waals surface area contributed by atoms with E-state index in [1.54, 1.807) is 9.58 Å². The standard InChI is InChI=1S/C19H18N4O3S/c1-4-27-19-20-17(25)16-13-7-5-6-8-14(13)22(12(3)24)18(23(16)21-19)15-10-9-11(2)26-15/h5-10,18H,4H2,1-3H3/p+1. The summed E-state index contributed by atoms with van der Waals surface area (Å²) in [5.74, 6) is 1.88.